The molecule has 0 spiro atoms. The first-order valence-corrected chi connectivity index (χ1v) is 4.98. The Morgan fingerprint density at radius 1 is 1.71 bits per heavy atom. The van der Waals surface area contributed by atoms with Gasteiger partial charge in [0.25, 0.3) is 0 Å². The summed E-state index contributed by atoms with van der Waals surface area (Å²) in [5.41, 5.74) is 0.882. The molecule has 0 aliphatic carbocycles. The first kappa shape index (κ1) is 11.0. The molecule has 0 radical (unpaired) electrons. The van der Waals surface area contributed by atoms with Crippen molar-refractivity contribution in [1.82, 2.24) is 4.98 Å². The van der Waals surface area contributed by atoms with E-state index in [2.05, 4.69) is 26.2 Å². The fourth-order valence-corrected chi connectivity index (χ4v) is 1.38. The Labute approximate surface area is 90.8 Å². The molecule has 0 atom stereocenters. The average Bonchev–Trinajstić information content (AvgIpc) is 2.10. The second kappa shape index (κ2) is 4.95. The zero-order valence-electron chi connectivity index (χ0n) is 8.00. The molecule has 0 saturated carbocycles. The number of carbonyl (C=O) groups excluding carboxylic acids is 1. The quantitative estimate of drug-likeness (QED) is 0.888. The SMILES string of the molecule is CCOC(=O)Nc1ncc(Br)cc1C. The van der Waals surface area contributed by atoms with Crippen LogP contribution in [-0.4, -0.2) is 17.7 Å². The Bertz CT molecular complexity index is 342. The van der Waals surface area contributed by atoms with Crippen LogP contribution >= 0.6 is 15.9 Å². The molecule has 0 aromatic carbocycles. The lowest BCUT2D eigenvalue weighted by molar-refractivity contribution is 0.168. The summed E-state index contributed by atoms with van der Waals surface area (Å²) in [4.78, 5) is 15.1. The fraction of sp³-hybridized carbons (Fsp3) is 0.333. The van der Waals surface area contributed by atoms with E-state index in [-0.39, 0.29) is 0 Å². The van der Waals surface area contributed by atoms with E-state index < -0.39 is 6.09 Å². The van der Waals surface area contributed by atoms with Gasteiger partial charge in [0.1, 0.15) is 5.82 Å². The minimum Gasteiger partial charge on any atom is -0.450 e. The van der Waals surface area contributed by atoms with E-state index in [1.54, 1.807) is 13.1 Å². The number of aryl methyl sites for hydroxylation is 1. The summed E-state index contributed by atoms with van der Waals surface area (Å²) in [5, 5.41) is 2.55. The van der Waals surface area contributed by atoms with Gasteiger partial charge in [-0.05, 0) is 41.4 Å². The van der Waals surface area contributed by atoms with Crippen LogP contribution < -0.4 is 5.32 Å². The van der Waals surface area contributed by atoms with E-state index in [1.807, 2.05) is 13.0 Å². The number of carbonyl (C=O) groups is 1. The van der Waals surface area contributed by atoms with Crippen LogP contribution in [-0.2, 0) is 4.74 Å². The number of anilines is 1. The molecule has 0 fully saturated rings. The van der Waals surface area contributed by atoms with Crippen molar-refractivity contribution in [2.75, 3.05) is 11.9 Å². The Hall–Kier alpha value is -1.10. The molecule has 0 aliphatic rings. The minimum absolute atomic E-state index is 0.349. The average molecular weight is 259 g/mol. The van der Waals surface area contributed by atoms with E-state index in [1.165, 1.54) is 0 Å². The van der Waals surface area contributed by atoms with Gasteiger partial charge in [0, 0.05) is 10.7 Å². The Kier molecular flexibility index (Phi) is 3.88. The van der Waals surface area contributed by atoms with E-state index in [0.29, 0.717) is 12.4 Å². The van der Waals surface area contributed by atoms with Crippen LogP contribution in [0.2, 0.25) is 0 Å². The number of halogens is 1. The molecule has 0 saturated heterocycles. The van der Waals surface area contributed by atoms with Crippen molar-refractivity contribution in [3.63, 3.8) is 0 Å². The maximum atomic E-state index is 11.1. The van der Waals surface area contributed by atoms with Gasteiger partial charge in [-0.15, -0.1) is 0 Å². The van der Waals surface area contributed by atoms with Gasteiger partial charge in [-0.25, -0.2) is 9.78 Å². The Morgan fingerprint density at radius 2 is 2.43 bits per heavy atom. The molecule has 1 rings (SSSR count). The fourth-order valence-electron chi connectivity index (χ4n) is 0.935. The van der Waals surface area contributed by atoms with E-state index in [0.717, 1.165) is 10.0 Å². The summed E-state index contributed by atoms with van der Waals surface area (Å²) < 4.78 is 5.61. The van der Waals surface area contributed by atoms with Crippen molar-refractivity contribution in [3.8, 4) is 0 Å². The van der Waals surface area contributed by atoms with Gasteiger partial charge >= 0.3 is 6.09 Å². The number of amides is 1. The Balaban J connectivity index is 2.72. The highest BCUT2D eigenvalue weighted by molar-refractivity contribution is 9.10. The Morgan fingerprint density at radius 3 is 3.00 bits per heavy atom. The van der Waals surface area contributed by atoms with Gasteiger partial charge in [0.05, 0.1) is 6.61 Å². The highest BCUT2D eigenvalue weighted by atomic mass is 79.9. The maximum absolute atomic E-state index is 11.1. The van der Waals surface area contributed by atoms with Crippen LogP contribution in [0.1, 0.15) is 12.5 Å². The molecule has 76 valence electrons. The molecule has 1 N–H and O–H groups in total. The summed E-state index contributed by atoms with van der Waals surface area (Å²) in [6, 6.07) is 1.87. The molecule has 5 heteroatoms. The first-order chi connectivity index (χ1) is 6.63. The summed E-state index contributed by atoms with van der Waals surface area (Å²) in [6.07, 6.45) is 1.14. The molecule has 0 aliphatic heterocycles. The van der Waals surface area contributed by atoms with Gasteiger partial charge < -0.3 is 4.74 Å². The van der Waals surface area contributed by atoms with E-state index >= 15 is 0 Å². The van der Waals surface area contributed by atoms with Crippen molar-refractivity contribution >= 4 is 27.8 Å². The van der Waals surface area contributed by atoms with Crippen LogP contribution in [0.3, 0.4) is 0 Å². The minimum atomic E-state index is -0.481. The number of pyridine rings is 1. The van der Waals surface area contributed by atoms with Gasteiger partial charge in [-0.2, -0.15) is 0 Å². The summed E-state index contributed by atoms with van der Waals surface area (Å²) >= 11 is 3.29. The highest BCUT2D eigenvalue weighted by Crippen LogP contribution is 2.16. The topological polar surface area (TPSA) is 51.2 Å². The molecule has 14 heavy (non-hydrogen) atoms. The third-order valence-electron chi connectivity index (χ3n) is 1.54. The van der Waals surface area contributed by atoms with Gasteiger partial charge in [0.2, 0.25) is 0 Å². The number of hydrogen-bond acceptors (Lipinski definition) is 3. The lowest BCUT2D eigenvalue weighted by Crippen LogP contribution is -2.15. The summed E-state index contributed by atoms with van der Waals surface area (Å²) in [6.45, 7) is 3.96. The molecular weight excluding hydrogens is 248 g/mol. The van der Waals surface area contributed by atoms with Crippen LogP contribution in [0.25, 0.3) is 0 Å². The van der Waals surface area contributed by atoms with Gasteiger partial charge in [0.15, 0.2) is 0 Å². The first-order valence-electron chi connectivity index (χ1n) is 4.19. The summed E-state index contributed by atoms with van der Waals surface area (Å²) in [7, 11) is 0. The maximum Gasteiger partial charge on any atom is 0.412 e. The van der Waals surface area contributed by atoms with Gasteiger partial charge in [-0.3, -0.25) is 5.32 Å². The van der Waals surface area contributed by atoms with Crippen molar-refractivity contribution in [2.24, 2.45) is 0 Å². The van der Waals surface area contributed by atoms with Crippen LogP contribution in [0.4, 0.5) is 10.6 Å². The normalized spacial score (nSPS) is 9.64. The van der Waals surface area contributed by atoms with Gasteiger partial charge in [-0.1, -0.05) is 0 Å². The second-order valence-electron chi connectivity index (χ2n) is 2.66. The summed E-state index contributed by atoms with van der Waals surface area (Å²) in [5.74, 6) is 0.520. The highest BCUT2D eigenvalue weighted by Gasteiger charge is 2.05. The van der Waals surface area contributed by atoms with Crippen LogP contribution in [0.15, 0.2) is 16.7 Å². The number of aromatic nitrogens is 1. The van der Waals surface area contributed by atoms with Crippen molar-refractivity contribution in [3.05, 3.63) is 22.3 Å². The van der Waals surface area contributed by atoms with Crippen molar-refractivity contribution in [1.29, 1.82) is 0 Å². The number of hydrogen-bond donors (Lipinski definition) is 1. The molecule has 1 aromatic rings. The number of nitrogens with zero attached hydrogens (tertiary/aromatic N) is 1. The number of rotatable bonds is 2. The third kappa shape index (κ3) is 2.99. The van der Waals surface area contributed by atoms with Crippen LogP contribution in [0.5, 0.6) is 0 Å². The molecule has 1 aromatic heterocycles. The monoisotopic (exact) mass is 258 g/mol. The number of ether oxygens (including phenoxy) is 1. The zero-order chi connectivity index (χ0) is 10.6. The number of nitrogens with one attached hydrogen (secondary N) is 1. The largest absolute Gasteiger partial charge is 0.450 e. The van der Waals surface area contributed by atoms with Crippen LogP contribution in [0, 0.1) is 6.92 Å². The molecule has 0 unspecified atom stereocenters. The van der Waals surface area contributed by atoms with E-state index in [4.69, 9.17) is 4.74 Å². The second-order valence-corrected chi connectivity index (χ2v) is 3.58. The lowest BCUT2D eigenvalue weighted by Gasteiger charge is -2.06. The van der Waals surface area contributed by atoms with Crippen molar-refractivity contribution in [2.45, 2.75) is 13.8 Å². The molecular formula is C9H11BrN2O2. The third-order valence-corrected chi connectivity index (χ3v) is 1.97. The molecule has 1 amide bonds. The smallest absolute Gasteiger partial charge is 0.412 e. The molecule has 1 heterocycles. The predicted molar refractivity (Wildman–Crippen MR) is 57.3 cm³/mol. The standard InChI is InChI=1S/C9H11BrN2O2/c1-3-14-9(13)12-8-6(2)4-7(10)5-11-8/h4-5H,3H2,1-2H3,(H,11,12,13). The predicted octanol–water partition coefficient (Wildman–Crippen LogP) is 2.72. The van der Waals surface area contributed by atoms with Crippen molar-refractivity contribution < 1.29 is 9.53 Å². The zero-order valence-corrected chi connectivity index (χ0v) is 9.59. The lowest BCUT2D eigenvalue weighted by atomic mass is 10.3. The molecule has 4 nitrogen and oxygen atoms in total. The molecule has 0 bridgehead atoms. The van der Waals surface area contributed by atoms with E-state index in [9.17, 15) is 4.79 Å².